The lowest BCUT2D eigenvalue weighted by molar-refractivity contribution is -0.142. The van der Waals surface area contributed by atoms with E-state index in [1.807, 2.05) is 64.4 Å². The molecule has 1 aromatic heterocycles. The van der Waals surface area contributed by atoms with E-state index in [1.54, 1.807) is 29.5 Å². The van der Waals surface area contributed by atoms with Gasteiger partial charge in [-0.25, -0.2) is 4.98 Å². The molecule has 3 N–H and O–H groups in total. The number of aryl methyl sites for hydroxylation is 1. The summed E-state index contributed by atoms with van der Waals surface area (Å²) in [5, 5.41) is 16.4. The Hall–Kier alpha value is -3.28. The summed E-state index contributed by atoms with van der Waals surface area (Å²) in [4.78, 5) is 47.5. The maximum atomic E-state index is 13.9. The molecule has 4 rings (SSSR count). The molecule has 2 aromatic carbocycles. The van der Waals surface area contributed by atoms with Crippen LogP contribution >= 0.6 is 27.3 Å². The standard InChI is InChI=1S/C31H37BrN4O5S/c1-17(19-7-9-20(10-8-19)26-18(2)33-16-42-26)34-29(39)24-14-22(37)15-36(24)30(40)27(31(3,4)5)35-28(38)23-12-11-21(32)13-25(23)41-6/h7-13,16-17,22,24,27,37H,14-15H2,1-6H3,(H,34,39)(H,35,38)/t17?,22-,24+,27?/m1/s1. The molecule has 0 spiro atoms. The SMILES string of the molecule is COc1cc(Br)ccc1C(=O)NC(C(=O)N1C[C@H](O)C[C@H]1C(=O)NC(C)c1ccc(-c2scnc2C)cc1)C(C)(C)C. The molecule has 1 aliphatic heterocycles. The summed E-state index contributed by atoms with van der Waals surface area (Å²) in [6.45, 7) is 9.38. The molecule has 2 unspecified atom stereocenters. The number of carbonyl (C=O) groups is 3. The molecule has 1 fully saturated rings. The topological polar surface area (TPSA) is 121 Å². The molecule has 1 saturated heterocycles. The maximum Gasteiger partial charge on any atom is 0.255 e. The number of β-amino-alcohol motifs (C(OH)–C–C–N with tert-alkyl or cyclic N) is 1. The molecule has 224 valence electrons. The predicted molar refractivity (Wildman–Crippen MR) is 166 cm³/mol. The van der Waals surface area contributed by atoms with Crippen molar-refractivity contribution in [3.63, 3.8) is 0 Å². The van der Waals surface area contributed by atoms with Crippen LogP contribution in [0.25, 0.3) is 10.4 Å². The first-order valence-electron chi connectivity index (χ1n) is 13.7. The van der Waals surface area contributed by atoms with E-state index in [4.69, 9.17) is 4.74 Å². The number of hydrogen-bond donors (Lipinski definition) is 3. The van der Waals surface area contributed by atoms with Gasteiger partial charge < -0.3 is 25.4 Å². The fraction of sp³-hybridized carbons (Fsp3) is 0.419. The Kier molecular flexibility index (Phi) is 9.74. The number of ether oxygens (including phenoxy) is 1. The Morgan fingerprint density at radius 1 is 1.14 bits per heavy atom. The van der Waals surface area contributed by atoms with Gasteiger partial charge in [0.1, 0.15) is 17.8 Å². The molecule has 2 heterocycles. The fourth-order valence-electron chi connectivity index (χ4n) is 5.08. The normalized spacial score (nSPS) is 18.3. The highest BCUT2D eigenvalue weighted by atomic mass is 79.9. The zero-order chi connectivity index (χ0) is 30.8. The van der Waals surface area contributed by atoms with E-state index in [0.717, 1.165) is 26.2 Å². The molecule has 42 heavy (non-hydrogen) atoms. The average Bonchev–Trinajstić information content (AvgIpc) is 3.55. The minimum absolute atomic E-state index is 0.00173. The van der Waals surface area contributed by atoms with Crippen molar-refractivity contribution >= 4 is 45.0 Å². The van der Waals surface area contributed by atoms with Crippen molar-refractivity contribution in [3.8, 4) is 16.2 Å². The van der Waals surface area contributed by atoms with Crippen molar-refractivity contribution in [2.45, 2.75) is 65.3 Å². The van der Waals surface area contributed by atoms with Gasteiger partial charge >= 0.3 is 0 Å². The van der Waals surface area contributed by atoms with E-state index in [2.05, 4.69) is 31.5 Å². The summed E-state index contributed by atoms with van der Waals surface area (Å²) in [5.41, 5.74) is 4.36. The average molecular weight is 658 g/mol. The number of thiazole rings is 1. The maximum absolute atomic E-state index is 13.9. The van der Waals surface area contributed by atoms with Crippen LogP contribution in [0.1, 0.15) is 61.8 Å². The van der Waals surface area contributed by atoms with Gasteiger partial charge in [0.2, 0.25) is 11.8 Å². The van der Waals surface area contributed by atoms with Crippen molar-refractivity contribution in [2.24, 2.45) is 5.41 Å². The van der Waals surface area contributed by atoms with Crippen LogP contribution in [0.5, 0.6) is 5.75 Å². The molecule has 3 amide bonds. The first kappa shape index (κ1) is 31.7. The van der Waals surface area contributed by atoms with Crippen LogP contribution in [0.2, 0.25) is 0 Å². The zero-order valence-corrected chi connectivity index (χ0v) is 27.0. The van der Waals surface area contributed by atoms with E-state index in [1.165, 1.54) is 12.0 Å². The number of methoxy groups -OCH3 is 1. The minimum atomic E-state index is -0.959. The van der Waals surface area contributed by atoms with E-state index in [0.29, 0.717) is 5.75 Å². The molecular weight excluding hydrogens is 620 g/mol. The summed E-state index contributed by atoms with van der Waals surface area (Å²) in [6.07, 6.45) is -0.746. The first-order chi connectivity index (χ1) is 19.8. The smallest absolute Gasteiger partial charge is 0.255 e. The number of aliphatic hydroxyl groups is 1. The van der Waals surface area contributed by atoms with Gasteiger partial charge in [0.05, 0.1) is 40.9 Å². The highest BCUT2D eigenvalue weighted by Crippen LogP contribution is 2.30. The van der Waals surface area contributed by atoms with Crippen LogP contribution in [-0.4, -0.2) is 64.6 Å². The minimum Gasteiger partial charge on any atom is -0.496 e. The summed E-state index contributed by atoms with van der Waals surface area (Å²) < 4.78 is 6.12. The third-order valence-electron chi connectivity index (χ3n) is 7.44. The van der Waals surface area contributed by atoms with Crippen molar-refractivity contribution < 1.29 is 24.2 Å². The number of benzene rings is 2. The van der Waals surface area contributed by atoms with E-state index >= 15 is 0 Å². The molecule has 0 aliphatic carbocycles. The van der Waals surface area contributed by atoms with Crippen LogP contribution in [0.15, 0.2) is 52.4 Å². The lowest BCUT2D eigenvalue weighted by Crippen LogP contribution is -2.57. The fourth-order valence-corrected chi connectivity index (χ4v) is 6.23. The second kappa shape index (κ2) is 12.9. The monoisotopic (exact) mass is 656 g/mol. The van der Waals surface area contributed by atoms with Gasteiger partial charge in [-0.05, 0) is 48.6 Å². The lowest BCUT2D eigenvalue weighted by Gasteiger charge is -2.35. The predicted octanol–water partition coefficient (Wildman–Crippen LogP) is 4.87. The highest BCUT2D eigenvalue weighted by Gasteiger charge is 2.45. The summed E-state index contributed by atoms with van der Waals surface area (Å²) in [5.74, 6) is -0.900. The van der Waals surface area contributed by atoms with E-state index in [-0.39, 0.29) is 30.5 Å². The van der Waals surface area contributed by atoms with Crippen molar-refractivity contribution in [1.29, 1.82) is 0 Å². The molecule has 4 atom stereocenters. The largest absolute Gasteiger partial charge is 0.496 e. The first-order valence-corrected chi connectivity index (χ1v) is 15.4. The molecule has 1 aliphatic rings. The van der Waals surface area contributed by atoms with Gasteiger partial charge in [0, 0.05) is 17.4 Å². The lowest BCUT2D eigenvalue weighted by atomic mass is 9.85. The van der Waals surface area contributed by atoms with Gasteiger partial charge in [-0.15, -0.1) is 11.3 Å². The summed E-state index contributed by atoms with van der Waals surface area (Å²) in [6, 6.07) is 10.8. The van der Waals surface area contributed by atoms with Crippen LogP contribution in [0.3, 0.4) is 0 Å². The number of rotatable bonds is 8. The number of amides is 3. The zero-order valence-electron chi connectivity index (χ0n) is 24.6. The Morgan fingerprint density at radius 2 is 1.83 bits per heavy atom. The number of carbonyl (C=O) groups excluding carboxylic acids is 3. The van der Waals surface area contributed by atoms with Crippen LogP contribution in [0.4, 0.5) is 0 Å². The number of halogens is 1. The van der Waals surface area contributed by atoms with Crippen LogP contribution in [0, 0.1) is 12.3 Å². The Balaban J connectivity index is 1.49. The molecule has 0 radical (unpaired) electrons. The third kappa shape index (κ3) is 7.02. The van der Waals surface area contributed by atoms with Gasteiger partial charge in [-0.1, -0.05) is 61.0 Å². The van der Waals surface area contributed by atoms with Crippen molar-refractivity contribution in [2.75, 3.05) is 13.7 Å². The number of aliphatic hydroxyl groups excluding tert-OH is 1. The number of hydrogen-bond acceptors (Lipinski definition) is 7. The van der Waals surface area contributed by atoms with Gasteiger partial charge in [-0.3, -0.25) is 14.4 Å². The number of nitrogens with zero attached hydrogens (tertiary/aromatic N) is 2. The number of nitrogens with one attached hydrogen (secondary N) is 2. The van der Waals surface area contributed by atoms with Gasteiger partial charge in [0.15, 0.2) is 0 Å². The van der Waals surface area contributed by atoms with Gasteiger partial charge in [-0.2, -0.15) is 0 Å². The second-order valence-corrected chi connectivity index (χ2v) is 13.4. The Morgan fingerprint density at radius 3 is 2.43 bits per heavy atom. The van der Waals surface area contributed by atoms with E-state index in [9.17, 15) is 19.5 Å². The summed E-state index contributed by atoms with van der Waals surface area (Å²) in [7, 11) is 1.47. The molecule has 11 heteroatoms. The third-order valence-corrected chi connectivity index (χ3v) is 8.91. The van der Waals surface area contributed by atoms with Gasteiger partial charge in [0.25, 0.3) is 5.91 Å². The Labute approximate surface area is 258 Å². The highest BCUT2D eigenvalue weighted by molar-refractivity contribution is 9.10. The number of likely N-dealkylation sites (tertiary alicyclic amines) is 1. The summed E-state index contributed by atoms with van der Waals surface area (Å²) >= 11 is 4.95. The van der Waals surface area contributed by atoms with Crippen LogP contribution < -0.4 is 15.4 Å². The second-order valence-electron chi connectivity index (χ2n) is 11.6. The molecule has 0 saturated carbocycles. The molecular formula is C31H37BrN4O5S. The van der Waals surface area contributed by atoms with E-state index < -0.39 is 35.4 Å². The van der Waals surface area contributed by atoms with Crippen LogP contribution in [-0.2, 0) is 9.59 Å². The Bertz CT molecular complexity index is 1450. The van der Waals surface area contributed by atoms with Crippen molar-refractivity contribution in [3.05, 3.63) is 69.3 Å². The molecule has 0 bridgehead atoms. The quantitative estimate of drug-likeness (QED) is 0.318. The van der Waals surface area contributed by atoms with Crippen molar-refractivity contribution in [1.82, 2.24) is 20.5 Å². The molecule has 3 aromatic rings. The number of aromatic nitrogens is 1. The molecule has 9 nitrogen and oxygen atoms in total.